The first-order valence-corrected chi connectivity index (χ1v) is 6.11. The number of benzene rings is 1. The van der Waals surface area contributed by atoms with Crippen LogP contribution in [0.25, 0.3) is 0 Å². The Hall–Kier alpha value is -2.57. The van der Waals surface area contributed by atoms with Gasteiger partial charge in [0.2, 0.25) is 0 Å². The number of halogens is 2. The van der Waals surface area contributed by atoms with E-state index in [2.05, 4.69) is 5.10 Å². The number of Topliss-reactive ketones (excluding diaryl/α,β-unsaturated/α-hetero) is 1. The van der Waals surface area contributed by atoms with Crippen LogP contribution in [0.15, 0.2) is 35.3 Å². The van der Waals surface area contributed by atoms with E-state index < -0.39 is 35.1 Å². The van der Waals surface area contributed by atoms with Gasteiger partial charge >= 0.3 is 0 Å². The number of ketones is 1. The number of hydrogen-bond donors (Lipinski definition) is 0. The first-order valence-electron chi connectivity index (χ1n) is 6.11. The van der Waals surface area contributed by atoms with E-state index in [1.165, 1.54) is 12.3 Å². The fourth-order valence-electron chi connectivity index (χ4n) is 1.72. The predicted molar refractivity (Wildman–Crippen MR) is 73.5 cm³/mol. The summed E-state index contributed by atoms with van der Waals surface area (Å²) in [5.74, 6) is -2.28. The molecule has 1 aromatic heterocycles. The van der Waals surface area contributed by atoms with Crippen molar-refractivity contribution in [1.29, 1.82) is 0 Å². The number of carbonyl (C=O) groups is 1. The maximum Gasteiger partial charge on any atom is 0.269 e. The van der Waals surface area contributed by atoms with E-state index in [-0.39, 0.29) is 0 Å². The molecule has 0 N–H and O–H groups in total. The molecule has 0 saturated carbocycles. The second kappa shape index (κ2) is 5.82. The van der Waals surface area contributed by atoms with Gasteiger partial charge in [-0.05, 0) is 18.2 Å². The molecule has 7 heteroatoms. The third kappa shape index (κ3) is 3.31. The van der Waals surface area contributed by atoms with Crippen molar-refractivity contribution in [2.45, 2.75) is 6.54 Å². The largest absolute Gasteiger partial charge is 0.376 e. The zero-order valence-corrected chi connectivity index (χ0v) is 11.5. The Morgan fingerprint density at radius 3 is 2.62 bits per heavy atom. The van der Waals surface area contributed by atoms with Crippen molar-refractivity contribution >= 4 is 11.5 Å². The first kappa shape index (κ1) is 14.8. The van der Waals surface area contributed by atoms with Crippen molar-refractivity contribution in [2.24, 2.45) is 0 Å². The van der Waals surface area contributed by atoms with Crippen LogP contribution in [0.3, 0.4) is 0 Å². The third-order valence-corrected chi connectivity index (χ3v) is 2.89. The number of carbonyl (C=O) groups excluding carboxylic acids is 1. The van der Waals surface area contributed by atoms with E-state index in [0.29, 0.717) is 5.69 Å². The minimum Gasteiger partial charge on any atom is -0.376 e. The molecule has 0 unspecified atom stereocenters. The highest BCUT2D eigenvalue weighted by Crippen LogP contribution is 2.11. The summed E-state index contributed by atoms with van der Waals surface area (Å²) in [5, 5.41) is 3.84. The van der Waals surface area contributed by atoms with Crippen LogP contribution in [0.4, 0.5) is 14.5 Å². The van der Waals surface area contributed by atoms with Gasteiger partial charge < -0.3 is 4.90 Å². The van der Waals surface area contributed by atoms with Crippen LogP contribution in [0.1, 0.15) is 10.4 Å². The number of aromatic nitrogens is 2. The highest BCUT2D eigenvalue weighted by atomic mass is 19.1. The molecule has 5 nitrogen and oxygen atoms in total. The second-order valence-electron chi connectivity index (χ2n) is 4.65. The maximum absolute atomic E-state index is 13.5. The molecule has 0 amide bonds. The van der Waals surface area contributed by atoms with E-state index in [0.717, 1.165) is 22.9 Å². The summed E-state index contributed by atoms with van der Waals surface area (Å²) in [6.07, 6.45) is 1.41. The van der Waals surface area contributed by atoms with Gasteiger partial charge in [-0.3, -0.25) is 9.59 Å². The quantitative estimate of drug-likeness (QED) is 0.801. The van der Waals surface area contributed by atoms with Crippen LogP contribution in [0.5, 0.6) is 0 Å². The minimum atomic E-state index is -0.834. The molecule has 0 atom stereocenters. The molecule has 0 fully saturated rings. The molecule has 0 radical (unpaired) electrons. The van der Waals surface area contributed by atoms with E-state index in [9.17, 15) is 18.4 Å². The summed E-state index contributed by atoms with van der Waals surface area (Å²) in [4.78, 5) is 25.4. The highest BCUT2D eigenvalue weighted by molar-refractivity contribution is 5.96. The third-order valence-electron chi connectivity index (χ3n) is 2.89. The Balaban J connectivity index is 2.28. The summed E-state index contributed by atoms with van der Waals surface area (Å²) < 4.78 is 27.5. The molecule has 0 spiro atoms. The average Bonchev–Trinajstić information content (AvgIpc) is 2.43. The van der Waals surface area contributed by atoms with Crippen molar-refractivity contribution in [1.82, 2.24) is 9.78 Å². The van der Waals surface area contributed by atoms with Crippen LogP contribution in [0.2, 0.25) is 0 Å². The zero-order valence-electron chi connectivity index (χ0n) is 11.5. The van der Waals surface area contributed by atoms with E-state index in [1.54, 1.807) is 19.0 Å². The second-order valence-corrected chi connectivity index (χ2v) is 4.65. The summed E-state index contributed by atoms with van der Waals surface area (Å²) in [5.41, 5.74) is -0.313. The van der Waals surface area contributed by atoms with Crippen molar-refractivity contribution in [3.63, 3.8) is 0 Å². The Morgan fingerprint density at radius 2 is 2.00 bits per heavy atom. The van der Waals surface area contributed by atoms with Crippen LogP contribution < -0.4 is 10.5 Å². The lowest BCUT2D eigenvalue weighted by atomic mass is 10.1. The van der Waals surface area contributed by atoms with Crippen molar-refractivity contribution < 1.29 is 13.6 Å². The number of hydrogen-bond acceptors (Lipinski definition) is 4. The van der Waals surface area contributed by atoms with Crippen LogP contribution in [-0.4, -0.2) is 29.7 Å². The molecule has 1 aromatic carbocycles. The van der Waals surface area contributed by atoms with Gasteiger partial charge in [0.1, 0.15) is 18.2 Å². The molecule has 1 heterocycles. The fourth-order valence-corrected chi connectivity index (χ4v) is 1.72. The standard InChI is InChI=1S/C14H13F2N3O2/c1-18(2)10-6-14(21)19(17-7-10)8-13(20)11-5-9(15)3-4-12(11)16/h3-7H,8H2,1-2H3. The van der Waals surface area contributed by atoms with Gasteiger partial charge in [0.15, 0.2) is 5.78 Å². The van der Waals surface area contributed by atoms with Gasteiger partial charge in [-0.15, -0.1) is 0 Å². The van der Waals surface area contributed by atoms with E-state index in [4.69, 9.17) is 0 Å². The lowest BCUT2D eigenvalue weighted by molar-refractivity contribution is 0.0961. The molecule has 0 saturated heterocycles. The average molecular weight is 293 g/mol. The van der Waals surface area contributed by atoms with Gasteiger partial charge in [0.05, 0.1) is 17.4 Å². The van der Waals surface area contributed by atoms with Crippen LogP contribution in [-0.2, 0) is 6.54 Å². The molecule has 2 rings (SSSR count). The first-order chi connectivity index (χ1) is 9.88. The molecule has 0 bridgehead atoms. The molecular weight excluding hydrogens is 280 g/mol. The lowest BCUT2D eigenvalue weighted by Gasteiger charge is -2.12. The van der Waals surface area contributed by atoms with E-state index in [1.807, 2.05) is 0 Å². The van der Waals surface area contributed by atoms with Gasteiger partial charge in [0.25, 0.3) is 5.56 Å². The van der Waals surface area contributed by atoms with Gasteiger partial charge in [0, 0.05) is 20.2 Å². The van der Waals surface area contributed by atoms with E-state index >= 15 is 0 Å². The van der Waals surface area contributed by atoms with Gasteiger partial charge in [-0.2, -0.15) is 5.10 Å². The molecular formula is C14H13F2N3O2. The monoisotopic (exact) mass is 293 g/mol. The minimum absolute atomic E-state index is 0.402. The lowest BCUT2D eigenvalue weighted by Crippen LogP contribution is -2.27. The van der Waals surface area contributed by atoms with Crippen molar-refractivity contribution in [2.75, 3.05) is 19.0 Å². The van der Waals surface area contributed by atoms with Gasteiger partial charge in [-0.1, -0.05) is 0 Å². The number of anilines is 1. The van der Waals surface area contributed by atoms with Crippen molar-refractivity contribution in [3.8, 4) is 0 Å². The summed E-state index contributed by atoms with van der Waals surface area (Å²) in [6, 6.07) is 3.90. The highest BCUT2D eigenvalue weighted by Gasteiger charge is 2.15. The molecule has 110 valence electrons. The Kier molecular flexibility index (Phi) is 4.11. The van der Waals surface area contributed by atoms with Crippen molar-refractivity contribution in [3.05, 3.63) is 58.0 Å². The SMILES string of the molecule is CN(C)c1cnn(CC(=O)c2cc(F)ccc2F)c(=O)c1. The van der Waals surface area contributed by atoms with Gasteiger partial charge in [-0.25, -0.2) is 13.5 Å². The fraction of sp³-hybridized carbons (Fsp3) is 0.214. The zero-order chi connectivity index (χ0) is 15.6. The van der Waals surface area contributed by atoms with Crippen LogP contribution >= 0.6 is 0 Å². The smallest absolute Gasteiger partial charge is 0.269 e. The normalized spacial score (nSPS) is 10.5. The molecule has 21 heavy (non-hydrogen) atoms. The molecule has 2 aromatic rings. The Labute approximate surface area is 119 Å². The maximum atomic E-state index is 13.5. The predicted octanol–water partition coefficient (Wildman–Crippen LogP) is 1.47. The Morgan fingerprint density at radius 1 is 1.29 bits per heavy atom. The summed E-state index contributed by atoms with van der Waals surface area (Å²) in [6.45, 7) is -0.451. The number of rotatable bonds is 4. The number of nitrogens with zero attached hydrogens (tertiary/aromatic N) is 3. The summed E-state index contributed by atoms with van der Waals surface area (Å²) >= 11 is 0. The Bertz CT molecular complexity index is 741. The molecule has 0 aliphatic carbocycles. The van der Waals surface area contributed by atoms with Crippen LogP contribution in [0, 0.1) is 11.6 Å². The summed E-state index contributed by atoms with van der Waals surface area (Å²) in [7, 11) is 3.49. The topological polar surface area (TPSA) is 55.2 Å². The molecule has 0 aliphatic heterocycles. The molecule has 0 aliphatic rings.